The zero-order valence-corrected chi connectivity index (χ0v) is 6.74. The van der Waals surface area contributed by atoms with Gasteiger partial charge in [0.1, 0.15) is 6.33 Å². The summed E-state index contributed by atoms with van der Waals surface area (Å²) in [5.74, 6) is -0.0826. The molecule has 0 saturated heterocycles. The zero-order chi connectivity index (χ0) is 8.97. The normalized spacial score (nSPS) is 12.5. The van der Waals surface area contributed by atoms with Gasteiger partial charge in [-0.2, -0.15) is 5.10 Å². The fourth-order valence-electron chi connectivity index (χ4n) is 0.666. The number of nitrogens with two attached hydrogens (primary N) is 1. The van der Waals surface area contributed by atoms with Crippen LogP contribution in [0.15, 0.2) is 6.33 Å². The molecule has 0 bridgehead atoms. The average molecular weight is 169 g/mol. The van der Waals surface area contributed by atoms with E-state index in [9.17, 15) is 4.79 Å². The summed E-state index contributed by atoms with van der Waals surface area (Å²) >= 11 is 0. The number of rotatable bonds is 3. The fourth-order valence-corrected chi connectivity index (χ4v) is 0.666. The third-order valence-corrected chi connectivity index (χ3v) is 1.36. The summed E-state index contributed by atoms with van der Waals surface area (Å²) in [5, 5.41) is 8.63. The number of carbonyl (C=O) groups excluding carboxylic acids is 1. The quantitative estimate of drug-likeness (QED) is 0.534. The second-order valence-corrected chi connectivity index (χ2v) is 2.44. The highest BCUT2D eigenvalue weighted by Gasteiger charge is 2.10. The van der Waals surface area contributed by atoms with E-state index < -0.39 is 0 Å². The third-order valence-electron chi connectivity index (χ3n) is 1.36. The van der Waals surface area contributed by atoms with Crippen molar-refractivity contribution in [3.8, 4) is 0 Å². The largest absolute Gasteiger partial charge is 0.346 e. The Hall–Kier alpha value is -1.43. The highest BCUT2D eigenvalue weighted by atomic mass is 16.2. The lowest BCUT2D eigenvalue weighted by atomic mass is 10.3. The molecular weight excluding hydrogens is 158 g/mol. The Morgan fingerprint density at radius 1 is 1.92 bits per heavy atom. The summed E-state index contributed by atoms with van der Waals surface area (Å²) in [6.07, 6.45) is 1.28. The number of carbonyl (C=O) groups is 1. The number of hydrogen-bond donors (Lipinski definition) is 3. The standard InChI is InChI=1S/C6H11N5O/c1-4(2-7)10-6(12)5-8-3-9-11-5/h3-4H,2,7H2,1H3,(H,10,12)(H,8,9,11)/t4-/m1/s1. The zero-order valence-electron chi connectivity index (χ0n) is 6.74. The Morgan fingerprint density at radius 3 is 3.17 bits per heavy atom. The first-order chi connectivity index (χ1) is 5.74. The van der Waals surface area contributed by atoms with Crippen LogP contribution >= 0.6 is 0 Å². The van der Waals surface area contributed by atoms with E-state index in [1.165, 1.54) is 6.33 Å². The van der Waals surface area contributed by atoms with E-state index in [1.807, 2.05) is 6.92 Å². The number of nitrogens with one attached hydrogen (secondary N) is 2. The van der Waals surface area contributed by atoms with Crippen LogP contribution in [0.2, 0.25) is 0 Å². The summed E-state index contributed by atoms with van der Waals surface area (Å²) in [5.41, 5.74) is 5.31. The maximum atomic E-state index is 11.2. The molecule has 0 unspecified atom stereocenters. The van der Waals surface area contributed by atoms with Crippen LogP contribution in [0.25, 0.3) is 0 Å². The molecule has 1 atom stereocenters. The van der Waals surface area contributed by atoms with Crippen molar-refractivity contribution < 1.29 is 4.79 Å². The molecule has 0 aliphatic carbocycles. The van der Waals surface area contributed by atoms with Gasteiger partial charge in [-0.05, 0) is 6.92 Å². The van der Waals surface area contributed by atoms with Gasteiger partial charge in [0.25, 0.3) is 5.91 Å². The highest BCUT2D eigenvalue weighted by Crippen LogP contribution is 1.86. The first-order valence-corrected chi connectivity index (χ1v) is 3.60. The molecule has 12 heavy (non-hydrogen) atoms. The van der Waals surface area contributed by atoms with Crippen LogP contribution in [-0.2, 0) is 0 Å². The average Bonchev–Trinajstić information content (AvgIpc) is 2.56. The van der Waals surface area contributed by atoms with Crippen LogP contribution in [0.1, 0.15) is 17.5 Å². The highest BCUT2D eigenvalue weighted by molar-refractivity contribution is 5.90. The molecule has 1 rings (SSSR count). The van der Waals surface area contributed by atoms with Crippen LogP contribution in [0.3, 0.4) is 0 Å². The third kappa shape index (κ3) is 2.03. The predicted molar refractivity (Wildman–Crippen MR) is 42.4 cm³/mol. The molecule has 0 saturated carbocycles. The van der Waals surface area contributed by atoms with Gasteiger partial charge < -0.3 is 11.1 Å². The second-order valence-electron chi connectivity index (χ2n) is 2.44. The maximum absolute atomic E-state index is 11.2. The SMILES string of the molecule is C[C@H](CN)NC(=O)c1ncn[nH]1. The van der Waals surface area contributed by atoms with E-state index in [0.29, 0.717) is 6.54 Å². The Kier molecular flexibility index (Phi) is 2.76. The summed E-state index contributed by atoms with van der Waals surface area (Å²) < 4.78 is 0. The lowest BCUT2D eigenvalue weighted by molar-refractivity contribution is 0.0931. The Bertz CT molecular complexity index is 244. The minimum atomic E-state index is -0.287. The van der Waals surface area contributed by atoms with Gasteiger partial charge in [0, 0.05) is 12.6 Å². The first-order valence-electron chi connectivity index (χ1n) is 3.60. The van der Waals surface area contributed by atoms with Gasteiger partial charge in [0.15, 0.2) is 0 Å². The molecule has 6 heteroatoms. The molecule has 1 aromatic heterocycles. The number of aromatic amines is 1. The molecule has 6 nitrogen and oxygen atoms in total. The maximum Gasteiger partial charge on any atom is 0.288 e. The number of amides is 1. The molecule has 1 heterocycles. The van der Waals surface area contributed by atoms with Crippen LogP contribution in [-0.4, -0.2) is 33.7 Å². The summed E-state index contributed by atoms with van der Waals surface area (Å²) in [4.78, 5) is 14.9. The predicted octanol–water partition coefficient (Wildman–Crippen LogP) is -1.12. The van der Waals surface area contributed by atoms with Crippen molar-refractivity contribution in [1.29, 1.82) is 0 Å². The van der Waals surface area contributed by atoms with E-state index in [1.54, 1.807) is 0 Å². The molecule has 0 aliphatic rings. The lowest BCUT2D eigenvalue weighted by Gasteiger charge is -2.08. The number of aromatic nitrogens is 3. The van der Waals surface area contributed by atoms with Crippen molar-refractivity contribution in [2.75, 3.05) is 6.54 Å². The van der Waals surface area contributed by atoms with Gasteiger partial charge in [-0.3, -0.25) is 9.89 Å². The van der Waals surface area contributed by atoms with Crippen LogP contribution < -0.4 is 11.1 Å². The fraction of sp³-hybridized carbons (Fsp3) is 0.500. The van der Waals surface area contributed by atoms with Crippen LogP contribution in [0, 0.1) is 0 Å². The van der Waals surface area contributed by atoms with Crippen molar-refractivity contribution in [3.63, 3.8) is 0 Å². The molecule has 0 fully saturated rings. The van der Waals surface area contributed by atoms with Crippen molar-refractivity contribution in [2.45, 2.75) is 13.0 Å². The molecular formula is C6H11N5O. The van der Waals surface area contributed by atoms with Gasteiger partial charge in [0.2, 0.25) is 5.82 Å². The number of nitrogens with zero attached hydrogens (tertiary/aromatic N) is 2. The molecule has 0 spiro atoms. The molecule has 1 aromatic rings. The molecule has 0 aliphatic heterocycles. The molecule has 1 amide bonds. The van der Waals surface area contributed by atoms with E-state index in [2.05, 4.69) is 20.5 Å². The van der Waals surface area contributed by atoms with E-state index in [0.717, 1.165) is 0 Å². The van der Waals surface area contributed by atoms with E-state index in [-0.39, 0.29) is 17.8 Å². The van der Waals surface area contributed by atoms with Gasteiger partial charge >= 0.3 is 0 Å². The molecule has 66 valence electrons. The second kappa shape index (κ2) is 3.82. The monoisotopic (exact) mass is 169 g/mol. The summed E-state index contributed by atoms with van der Waals surface area (Å²) in [6, 6.07) is -0.0531. The van der Waals surface area contributed by atoms with E-state index in [4.69, 9.17) is 5.73 Å². The molecule has 4 N–H and O–H groups in total. The molecule has 0 radical (unpaired) electrons. The Balaban J connectivity index is 2.50. The van der Waals surface area contributed by atoms with Gasteiger partial charge in [-0.15, -0.1) is 0 Å². The molecule has 0 aromatic carbocycles. The van der Waals surface area contributed by atoms with Gasteiger partial charge in [0.05, 0.1) is 0 Å². The summed E-state index contributed by atoms with van der Waals surface area (Å²) in [7, 11) is 0. The Morgan fingerprint density at radius 2 is 2.67 bits per heavy atom. The topological polar surface area (TPSA) is 96.7 Å². The van der Waals surface area contributed by atoms with Gasteiger partial charge in [-0.1, -0.05) is 0 Å². The van der Waals surface area contributed by atoms with Crippen molar-refractivity contribution in [2.24, 2.45) is 5.73 Å². The Labute approximate surface area is 69.6 Å². The van der Waals surface area contributed by atoms with Crippen LogP contribution in [0.4, 0.5) is 0 Å². The van der Waals surface area contributed by atoms with Gasteiger partial charge in [-0.25, -0.2) is 4.98 Å². The number of hydrogen-bond acceptors (Lipinski definition) is 4. The van der Waals surface area contributed by atoms with Crippen LogP contribution in [0.5, 0.6) is 0 Å². The van der Waals surface area contributed by atoms with Crippen molar-refractivity contribution in [1.82, 2.24) is 20.5 Å². The minimum absolute atomic E-state index is 0.0531. The number of H-pyrrole nitrogens is 1. The van der Waals surface area contributed by atoms with Crippen molar-refractivity contribution >= 4 is 5.91 Å². The van der Waals surface area contributed by atoms with E-state index >= 15 is 0 Å². The van der Waals surface area contributed by atoms with Crippen molar-refractivity contribution in [3.05, 3.63) is 12.2 Å². The first kappa shape index (κ1) is 8.66. The minimum Gasteiger partial charge on any atom is -0.346 e. The lowest BCUT2D eigenvalue weighted by Crippen LogP contribution is -2.38. The smallest absolute Gasteiger partial charge is 0.288 e. The summed E-state index contributed by atoms with van der Waals surface area (Å²) in [6.45, 7) is 2.22.